The van der Waals surface area contributed by atoms with Gasteiger partial charge in [-0.05, 0) is 42.0 Å². The largest absolute Gasteiger partial charge is 0.419 e. The Bertz CT molecular complexity index is 857. The molecule has 28 heavy (non-hydrogen) atoms. The number of nitrogens with zero attached hydrogens (tertiary/aromatic N) is 1. The van der Waals surface area contributed by atoms with Crippen LogP contribution in [0.15, 0.2) is 48.5 Å². The molecular formula is C20H18F4N2O2. The van der Waals surface area contributed by atoms with E-state index < -0.39 is 23.5 Å². The number of halogens is 4. The summed E-state index contributed by atoms with van der Waals surface area (Å²) in [6.45, 7) is 2.99. The maximum absolute atomic E-state index is 13.3. The van der Waals surface area contributed by atoms with Crippen LogP contribution >= 0.6 is 0 Å². The fraction of sp³-hybridized carbons (Fsp3) is 0.250. The monoisotopic (exact) mass is 394 g/mol. The van der Waals surface area contributed by atoms with Crippen LogP contribution in [0.1, 0.15) is 11.1 Å². The lowest BCUT2D eigenvalue weighted by atomic mass is 10.1. The summed E-state index contributed by atoms with van der Waals surface area (Å²) in [6.07, 6.45) is -2.07. The third-order valence-corrected chi connectivity index (χ3v) is 4.24. The zero-order valence-electron chi connectivity index (χ0n) is 14.8. The summed E-state index contributed by atoms with van der Waals surface area (Å²) in [7, 11) is 0. The van der Waals surface area contributed by atoms with Gasteiger partial charge in [0.25, 0.3) is 0 Å². The zero-order valence-corrected chi connectivity index (χ0v) is 14.8. The molecule has 0 bridgehead atoms. The number of benzene rings is 2. The smallest absolute Gasteiger partial charge is 0.378 e. The predicted molar refractivity (Wildman–Crippen MR) is 98.5 cm³/mol. The molecule has 2 aromatic carbocycles. The highest BCUT2D eigenvalue weighted by molar-refractivity contribution is 6.02. The fourth-order valence-electron chi connectivity index (χ4n) is 2.79. The molecule has 0 unspecified atom stereocenters. The highest BCUT2D eigenvalue weighted by atomic mass is 19.4. The van der Waals surface area contributed by atoms with Gasteiger partial charge in [-0.3, -0.25) is 4.79 Å². The number of hydrogen-bond donors (Lipinski definition) is 1. The summed E-state index contributed by atoms with van der Waals surface area (Å²) in [5.41, 5.74) is 0.261. The minimum atomic E-state index is -4.83. The quantitative estimate of drug-likeness (QED) is 0.620. The molecule has 0 radical (unpaired) electrons. The van der Waals surface area contributed by atoms with Crippen molar-refractivity contribution in [2.45, 2.75) is 6.18 Å². The predicted octanol–water partition coefficient (Wildman–Crippen LogP) is 4.33. The van der Waals surface area contributed by atoms with Crippen molar-refractivity contribution in [3.63, 3.8) is 0 Å². The maximum atomic E-state index is 13.3. The molecule has 4 nitrogen and oxygen atoms in total. The van der Waals surface area contributed by atoms with Gasteiger partial charge in [0.05, 0.1) is 18.8 Å². The van der Waals surface area contributed by atoms with E-state index in [1.165, 1.54) is 6.08 Å². The average molecular weight is 394 g/mol. The topological polar surface area (TPSA) is 41.6 Å². The van der Waals surface area contributed by atoms with E-state index in [0.29, 0.717) is 25.3 Å². The molecule has 1 N–H and O–H groups in total. The molecule has 3 rings (SSSR count). The Morgan fingerprint density at radius 3 is 2.39 bits per heavy atom. The van der Waals surface area contributed by atoms with Crippen LogP contribution in [0.3, 0.4) is 0 Å². The third-order valence-electron chi connectivity index (χ3n) is 4.24. The molecule has 1 aliphatic heterocycles. The molecule has 1 heterocycles. The van der Waals surface area contributed by atoms with E-state index in [0.717, 1.165) is 30.4 Å². The summed E-state index contributed by atoms with van der Waals surface area (Å²) < 4.78 is 56.8. The third kappa shape index (κ3) is 5.10. The van der Waals surface area contributed by atoms with Crippen LogP contribution in [-0.4, -0.2) is 32.2 Å². The Kier molecular flexibility index (Phi) is 5.99. The van der Waals surface area contributed by atoms with Gasteiger partial charge in [0.2, 0.25) is 5.91 Å². The molecule has 8 heteroatoms. The number of morpholine rings is 1. The first-order chi connectivity index (χ1) is 13.3. The van der Waals surface area contributed by atoms with Crippen LogP contribution in [0, 0.1) is 5.82 Å². The number of amides is 1. The van der Waals surface area contributed by atoms with E-state index in [9.17, 15) is 22.4 Å². The Morgan fingerprint density at radius 1 is 1.07 bits per heavy atom. The summed E-state index contributed by atoms with van der Waals surface area (Å²) in [6, 6.07) is 9.86. The Balaban J connectivity index is 1.62. The van der Waals surface area contributed by atoms with Gasteiger partial charge in [-0.15, -0.1) is 0 Å². The minimum Gasteiger partial charge on any atom is -0.378 e. The summed E-state index contributed by atoms with van der Waals surface area (Å²) >= 11 is 0. The molecule has 2 aromatic rings. The van der Waals surface area contributed by atoms with Crippen molar-refractivity contribution in [1.82, 2.24) is 0 Å². The van der Waals surface area contributed by atoms with E-state index in [2.05, 4.69) is 10.2 Å². The van der Waals surface area contributed by atoms with Crippen LogP contribution in [0.2, 0.25) is 0 Å². The van der Waals surface area contributed by atoms with Gasteiger partial charge in [-0.25, -0.2) is 4.39 Å². The molecule has 0 aromatic heterocycles. The van der Waals surface area contributed by atoms with Crippen LogP contribution in [-0.2, 0) is 15.7 Å². The Labute approximate surface area is 159 Å². The zero-order chi connectivity index (χ0) is 20.1. The van der Waals surface area contributed by atoms with Crippen molar-refractivity contribution in [2.75, 3.05) is 36.5 Å². The van der Waals surface area contributed by atoms with Crippen LogP contribution < -0.4 is 10.2 Å². The second-order valence-corrected chi connectivity index (χ2v) is 6.21. The van der Waals surface area contributed by atoms with Crippen molar-refractivity contribution in [1.29, 1.82) is 0 Å². The van der Waals surface area contributed by atoms with E-state index >= 15 is 0 Å². The summed E-state index contributed by atoms with van der Waals surface area (Å²) in [4.78, 5) is 14.1. The number of anilines is 2. The number of nitrogens with one attached hydrogen (secondary N) is 1. The van der Waals surface area contributed by atoms with Gasteiger partial charge in [0.1, 0.15) is 5.82 Å². The molecule has 0 atom stereocenters. The van der Waals surface area contributed by atoms with Gasteiger partial charge in [-0.2, -0.15) is 13.2 Å². The number of carbonyl (C=O) groups is 1. The Hall–Kier alpha value is -2.87. The number of rotatable bonds is 4. The molecule has 0 saturated carbocycles. The van der Waals surface area contributed by atoms with Gasteiger partial charge >= 0.3 is 6.18 Å². The number of carbonyl (C=O) groups excluding carboxylic acids is 1. The molecular weight excluding hydrogens is 376 g/mol. The second kappa shape index (κ2) is 8.43. The molecule has 1 fully saturated rings. The van der Waals surface area contributed by atoms with Gasteiger partial charge < -0.3 is 15.0 Å². The molecule has 1 aliphatic rings. The lowest BCUT2D eigenvalue weighted by molar-refractivity contribution is -0.140. The Morgan fingerprint density at radius 2 is 1.75 bits per heavy atom. The first-order valence-electron chi connectivity index (χ1n) is 8.61. The molecule has 1 amide bonds. The van der Waals surface area contributed by atoms with Crippen molar-refractivity contribution in [2.24, 2.45) is 0 Å². The number of alkyl halides is 3. The van der Waals surface area contributed by atoms with Crippen molar-refractivity contribution in [3.05, 3.63) is 65.5 Å². The molecule has 148 valence electrons. The highest BCUT2D eigenvalue weighted by Gasteiger charge is 2.34. The number of ether oxygens (including phenoxy) is 1. The molecule has 0 spiro atoms. The van der Waals surface area contributed by atoms with Crippen LogP contribution in [0.25, 0.3) is 6.08 Å². The fourth-order valence-corrected chi connectivity index (χ4v) is 2.79. The minimum absolute atomic E-state index is 0.133. The first kappa shape index (κ1) is 19.9. The van der Waals surface area contributed by atoms with Gasteiger partial charge in [0, 0.05) is 30.5 Å². The number of hydrogen-bond acceptors (Lipinski definition) is 3. The van der Waals surface area contributed by atoms with Crippen LogP contribution in [0.4, 0.5) is 28.9 Å². The van der Waals surface area contributed by atoms with E-state index in [4.69, 9.17) is 4.74 Å². The maximum Gasteiger partial charge on any atom is 0.419 e. The highest BCUT2D eigenvalue weighted by Crippen LogP contribution is 2.33. The van der Waals surface area contributed by atoms with E-state index in [1.807, 2.05) is 24.3 Å². The molecule has 0 aliphatic carbocycles. The van der Waals surface area contributed by atoms with Crippen molar-refractivity contribution in [3.8, 4) is 0 Å². The SMILES string of the molecule is O=C(/C=C/c1ccc(N2CCOCC2)cc1)Nc1ccc(F)c(C(F)(F)F)c1. The first-order valence-corrected chi connectivity index (χ1v) is 8.61. The average Bonchev–Trinajstić information content (AvgIpc) is 2.68. The van der Waals surface area contributed by atoms with E-state index in [1.54, 1.807) is 6.08 Å². The summed E-state index contributed by atoms with van der Waals surface area (Å²) in [5, 5.41) is 2.30. The standard InChI is InChI=1S/C20H18F4N2O2/c21-18-7-4-15(13-17(18)20(22,23)24)25-19(27)8-3-14-1-5-16(6-2-14)26-9-11-28-12-10-26/h1-8,13H,9-12H2,(H,25,27)/b8-3+. The molecule has 1 saturated heterocycles. The summed E-state index contributed by atoms with van der Waals surface area (Å²) in [5.74, 6) is -2.00. The van der Waals surface area contributed by atoms with Crippen LogP contribution in [0.5, 0.6) is 0 Å². The lowest BCUT2D eigenvalue weighted by Crippen LogP contribution is -2.36. The second-order valence-electron chi connectivity index (χ2n) is 6.21. The van der Waals surface area contributed by atoms with Gasteiger partial charge in [0.15, 0.2) is 0 Å². The normalized spacial score (nSPS) is 15.1. The van der Waals surface area contributed by atoms with Gasteiger partial charge in [-0.1, -0.05) is 12.1 Å². The lowest BCUT2D eigenvalue weighted by Gasteiger charge is -2.28. The van der Waals surface area contributed by atoms with E-state index in [-0.39, 0.29) is 5.69 Å². The van der Waals surface area contributed by atoms with Crippen molar-refractivity contribution < 1.29 is 27.1 Å². The van der Waals surface area contributed by atoms with Crippen molar-refractivity contribution >= 4 is 23.4 Å².